The van der Waals surface area contributed by atoms with E-state index in [4.69, 9.17) is 12.2 Å². The average molecular weight is 237 g/mol. The molecule has 0 saturated heterocycles. The summed E-state index contributed by atoms with van der Waals surface area (Å²) < 4.78 is 0.317. The molecule has 0 aliphatic carbocycles. The van der Waals surface area contributed by atoms with Crippen molar-refractivity contribution < 1.29 is 0 Å². The van der Waals surface area contributed by atoms with Crippen molar-refractivity contribution in [1.29, 1.82) is 0 Å². The first kappa shape index (κ1) is 10.7. The number of aromatic amines is 3. The third-order valence-corrected chi connectivity index (χ3v) is 2.36. The molecular weight excluding hydrogens is 226 g/mol. The molecule has 2 aromatic rings. The fourth-order valence-corrected chi connectivity index (χ4v) is 1.43. The van der Waals surface area contributed by atoms with Crippen LogP contribution in [0.15, 0.2) is 10.9 Å². The van der Waals surface area contributed by atoms with Crippen LogP contribution in [0.2, 0.25) is 0 Å². The molecule has 0 amide bonds. The van der Waals surface area contributed by atoms with E-state index in [1.165, 1.54) is 0 Å². The van der Waals surface area contributed by atoms with E-state index in [9.17, 15) is 4.79 Å². The predicted octanol–water partition coefficient (Wildman–Crippen LogP) is 1.34. The van der Waals surface area contributed by atoms with Crippen molar-refractivity contribution in [2.45, 2.75) is 19.8 Å². The van der Waals surface area contributed by atoms with Gasteiger partial charge in [-0.1, -0.05) is 13.8 Å². The highest BCUT2D eigenvalue weighted by molar-refractivity contribution is 7.71. The van der Waals surface area contributed by atoms with E-state index in [2.05, 4.69) is 25.4 Å². The molecule has 84 valence electrons. The summed E-state index contributed by atoms with van der Waals surface area (Å²) >= 11 is 4.83. The minimum absolute atomic E-state index is 0.234. The van der Waals surface area contributed by atoms with Crippen molar-refractivity contribution in [2.75, 3.05) is 0 Å². The molecule has 0 fully saturated rings. The van der Waals surface area contributed by atoms with E-state index in [0.717, 1.165) is 5.69 Å². The highest BCUT2D eigenvalue weighted by atomic mass is 32.1. The fraction of sp³-hybridized carbons (Fsp3) is 0.333. The Morgan fingerprint density at radius 2 is 2.12 bits per heavy atom. The van der Waals surface area contributed by atoms with Crippen LogP contribution >= 0.6 is 12.2 Å². The largest absolute Gasteiger partial charge is 0.281 e. The lowest BCUT2D eigenvalue weighted by molar-refractivity contribution is 0.777. The van der Waals surface area contributed by atoms with Crippen molar-refractivity contribution in [3.63, 3.8) is 0 Å². The summed E-state index contributed by atoms with van der Waals surface area (Å²) in [7, 11) is 0. The third-order valence-electron chi connectivity index (χ3n) is 2.17. The zero-order chi connectivity index (χ0) is 11.7. The van der Waals surface area contributed by atoms with Crippen LogP contribution in [0.4, 0.5) is 0 Å². The number of nitrogens with zero attached hydrogens (tertiary/aromatic N) is 2. The van der Waals surface area contributed by atoms with Crippen molar-refractivity contribution >= 4 is 12.2 Å². The number of hydrogen-bond donors (Lipinski definition) is 3. The van der Waals surface area contributed by atoms with E-state index in [0.29, 0.717) is 16.2 Å². The molecule has 16 heavy (non-hydrogen) atoms. The van der Waals surface area contributed by atoms with Gasteiger partial charge in [0.25, 0.3) is 5.56 Å². The van der Waals surface area contributed by atoms with E-state index in [-0.39, 0.29) is 11.5 Å². The van der Waals surface area contributed by atoms with Gasteiger partial charge in [-0.15, -0.1) is 0 Å². The minimum Gasteiger partial charge on any atom is -0.281 e. The SMILES string of the molecule is CC(C)c1cc(-c2nc(=S)[nH][nH]2)c(=O)[nH]n1. The van der Waals surface area contributed by atoms with Crippen LogP contribution in [0, 0.1) is 4.77 Å². The van der Waals surface area contributed by atoms with E-state index >= 15 is 0 Å². The maximum absolute atomic E-state index is 11.6. The Hall–Kier alpha value is -1.76. The first-order valence-electron chi connectivity index (χ1n) is 4.82. The van der Waals surface area contributed by atoms with Gasteiger partial charge in [-0.2, -0.15) is 10.1 Å². The predicted molar refractivity (Wildman–Crippen MR) is 61.7 cm³/mol. The molecule has 7 heteroatoms. The molecule has 0 aromatic carbocycles. The van der Waals surface area contributed by atoms with Gasteiger partial charge in [0.15, 0.2) is 5.82 Å². The van der Waals surface area contributed by atoms with Crippen molar-refractivity contribution in [3.05, 3.63) is 26.9 Å². The molecule has 2 rings (SSSR count). The van der Waals surface area contributed by atoms with Crippen LogP contribution in [0.25, 0.3) is 11.4 Å². The van der Waals surface area contributed by atoms with E-state index in [1.54, 1.807) is 6.07 Å². The Balaban J connectivity index is 2.60. The van der Waals surface area contributed by atoms with Gasteiger partial charge in [0, 0.05) is 0 Å². The summed E-state index contributed by atoms with van der Waals surface area (Å²) in [5.74, 6) is 0.660. The Bertz CT molecular complexity index is 609. The van der Waals surface area contributed by atoms with Gasteiger partial charge >= 0.3 is 0 Å². The second kappa shape index (κ2) is 4.01. The molecular formula is C9H11N5OS. The highest BCUT2D eigenvalue weighted by Gasteiger charge is 2.10. The number of hydrogen-bond acceptors (Lipinski definition) is 4. The first-order valence-corrected chi connectivity index (χ1v) is 5.23. The maximum atomic E-state index is 11.6. The summed E-state index contributed by atoms with van der Waals surface area (Å²) in [6, 6.07) is 1.71. The number of H-pyrrole nitrogens is 3. The molecule has 3 N–H and O–H groups in total. The molecule has 0 aliphatic heterocycles. The van der Waals surface area contributed by atoms with Crippen LogP contribution in [-0.4, -0.2) is 25.4 Å². The smallest absolute Gasteiger partial charge is 0.275 e. The van der Waals surface area contributed by atoms with Gasteiger partial charge in [0.1, 0.15) is 0 Å². The molecule has 2 aromatic heterocycles. The molecule has 0 saturated carbocycles. The van der Waals surface area contributed by atoms with Crippen LogP contribution in [0.1, 0.15) is 25.5 Å². The van der Waals surface area contributed by atoms with Crippen molar-refractivity contribution in [2.24, 2.45) is 0 Å². The van der Waals surface area contributed by atoms with Gasteiger partial charge in [-0.3, -0.25) is 15.0 Å². The van der Waals surface area contributed by atoms with Crippen molar-refractivity contribution in [3.8, 4) is 11.4 Å². The summed E-state index contributed by atoms with van der Waals surface area (Å²) in [5.41, 5.74) is 0.949. The molecule has 0 radical (unpaired) electrons. The quantitative estimate of drug-likeness (QED) is 0.687. The standard InChI is InChI=1S/C9H11N5OS/c1-4(2)6-3-5(8(15)13-11-6)7-10-9(16)14-12-7/h3-4H,1-2H3,(H,13,15)(H2,10,12,14,16). The first-order chi connectivity index (χ1) is 7.58. The van der Waals surface area contributed by atoms with Gasteiger partial charge in [-0.25, -0.2) is 5.10 Å². The van der Waals surface area contributed by atoms with Gasteiger partial charge in [-0.05, 0) is 24.2 Å². The topological polar surface area (TPSA) is 90.2 Å². The van der Waals surface area contributed by atoms with E-state index in [1.807, 2.05) is 13.8 Å². The minimum atomic E-state index is -0.290. The second-order valence-corrected chi connectivity index (χ2v) is 4.09. The molecule has 0 atom stereocenters. The maximum Gasteiger partial charge on any atom is 0.275 e. The highest BCUT2D eigenvalue weighted by Crippen LogP contribution is 2.14. The van der Waals surface area contributed by atoms with Crippen LogP contribution in [0.5, 0.6) is 0 Å². The summed E-state index contributed by atoms with van der Waals surface area (Å²) in [4.78, 5) is 15.6. The van der Waals surface area contributed by atoms with Crippen LogP contribution in [0.3, 0.4) is 0 Å². The Morgan fingerprint density at radius 3 is 2.69 bits per heavy atom. The average Bonchev–Trinajstić information content (AvgIpc) is 2.65. The lowest BCUT2D eigenvalue weighted by Gasteiger charge is -2.03. The lowest BCUT2D eigenvalue weighted by Crippen LogP contribution is -2.13. The monoisotopic (exact) mass is 237 g/mol. The van der Waals surface area contributed by atoms with Gasteiger partial charge < -0.3 is 0 Å². The van der Waals surface area contributed by atoms with Crippen LogP contribution < -0.4 is 5.56 Å². The Morgan fingerprint density at radius 1 is 1.38 bits per heavy atom. The Kier molecular flexibility index (Phi) is 2.69. The molecule has 0 unspecified atom stereocenters. The molecule has 0 spiro atoms. The van der Waals surface area contributed by atoms with Gasteiger partial charge in [0.2, 0.25) is 4.77 Å². The third kappa shape index (κ3) is 1.94. The second-order valence-electron chi connectivity index (χ2n) is 3.71. The fourth-order valence-electron chi connectivity index (χ4n) is 1.29. The summed E-state index contributed by atoms with van der Waals surface area (Å²) in [6.07, 6.45) is 0. The zero-order valence-electron chi connectivity index (χ0n) is 8.87. The molecule has 0 aliphatic rings. The van der Waals surface area contributed by atoms with Crippen molar-refractivity contribution in [1.82, 2.24) is 25.4 Å². The summed E-state index contributed by atoms with van der Waals surface area (Å²) in [6.45, 7) is 3.99. The van der Waals surface area contributed by atoms with Gasteiger partial charge in [0.05, 0.1) is 11.3 Å². The normalized spacial score (nSPS) is 10.9. The molecule has 2 heterocycles. The summed E-state index contributed by atoms with van der Waals surface area (Å²) in [5, 5.41) is 11.8. The number of nitrogens with one attached hydrogen (secondary N) is 3. The molecule has 0 bridgehead atoms. The Labute approximate surface area is 96.1 Å². The van der Waals surface area contributed by atoms with E-state index < -0.39 is 0 Å². The number of aromatic nitrogens is 5. The molecule has 6 nitrogen and oxygen atoms in total. The zero-order valence-corrected chi connectivity index (χ0v) is 9.68. The van der Waals surface area contributed by atoms with Crippen LogP contribution in [-0.2, 0) is 0 Å². The number of rotatable bonds is 2. The lowest BCUT2D eigenvalue weighted by atomic mass is 10.1.